The molecule has 172 valence electrons. The van der Waals surface area contributed by atoms with Crippen LogP contribution in [0.15, 0.2) is 91.0 Å². The summed E-state index contributed by atoms with van der Waals surface area (Å²) in [5.74, 6) is 0. The molecule has 0 saturated heterocycles. The molecule has 0 aliphatic heterocycles. The summed E-state index contributed by atoms with van der Waals surface area (Å²) in [4.78, 5) is 0. The molecule has 0 aliphatic rings. The number of para-hydroxylation sites is 3. The highest BCUT2D eigenvalue weighted by Crippen LogP contribution is 2.38. The number of hydrogen-bond donors (Lipinski definition) is 0. The quantitative estimate of drug-likeness (QED) is 0.155. The fourth-order valence-electron chi connectivity index (χ4n) is 4.73. The lowest BCUT2D eigenvalue weighted by atomic mass is 9.89. The Labute approximate surface area is 197 Å². The molecule has 1 heterocycles. The van der Waals surface area contributed by atoms with E-state index in [-0.39, 0.29) is 4.70 Å². The van der Waals surface area contributed by atoms with Gasteiger partial charge in [0.25, 0.3) is 0 Å². The molecule has 0 atom stereocenters. The van der Waals surface area contributed by atoms with Crippen LogP contribution in [-0.4, -0.2) is 7.54 Å². The van der Waals surface area contributed by atoms with Gasteiger partial charge in [-0.25, -0.2) is 0 Å². The van der Waals surface area contributed by atoms with E-state index in [4.69, 9.17) is 0 Å². The monoisotopic (exact) mass is 461 g/mol. The molecule has 5 rings (SSSR count). The lowest BCUT2D eigenvalue weighted by Crippen LogP contribution is -3.00. The Bertz CT molecular complexity index is 1350. The predicted molar refractivity (Wildman–Crippen MR) is 132 cm³/mol. The average molecular weight is 461 g/mol. The minimum atomic E-state index is -3.67. The number of halogens is 4. The highest BCUT2D eigenvalue weighted by atomic mass is 19.4. The van der Waals surface area contributed by atoms with Crippen LogP contribution in [0.3, 0.4) is 0 Å². The van der Waals surface area contributed by atoms with Gasteiger partial charge in [0.1, 0.15) is 0 Å². The molecule has 1 nitrogen and oxygen atoms in total. The van der Waals surface area contributed by atoms with Gasteiger partial charge in [0, 0.05) is 29.8 Å². The first-order valence-electron chi connectivity index (χ1n) is 10.8. The third kappa shape index (κ3) is 4.81. The minimum absolute atomic E-state index is 0. The Morgan fingerprint density at radius 3 is 1.47 bits per heavy atom. The van der Waals surface area contributed by atoms with Crippen molar-refractivity contribution in [3.63, 3.8) is 0 Å². The Morgan fingerprint density at radius 2 is 1.00 bits per heavy atom. The first-order chi connectivity index (χ1) is 15.9. The number of aryl methyl sites for hydroxylation is 3. The summed E-state index contributed by atoms with van der Waals surface area (Å²) in [6.07, 6.45) is 0. The van der Waals surface area contributed by atoms with Crippen LogP contribution in [0, 0.1) is 20.8 Å². The largest absolute Gasteiger partial charge is 1.00 e. The lowest BCUT2D eigenvalue weighted by Gasteiger charge is -2.16. The van der Waals surface area contributed by atoms with Crippen molar-refractivity contribution in [3.8, 4) is 16.8 Å². The van der Waals surface area contributed by atoms with Crippen LogP contribution < -0.4 is 9.27 Å². The summed E-state index contributed by atoms with van der Waals surface area (Å²) in [5, 5.41) is 2.57. The first kappa shape index (κ1) is 25.0. The highest BCUT2D eigenvalue weighted by Gasteiger charge is 2.24. The summed E-state index contributed by atoms with van der Waals surface area (Å²) < 4.78 is 31.4. The number of fused-ring (bicyclic) bond motifs is 2. The zero-order valence-corrected chi connectivity index (χ0v) is 19.2. The molecule has 0 amide bonds. The molecule has 0 fully saturated rings. The first-order valence-corrected chi connectivity index (χ1v) is 10.8. The van der Waals surface area contributed by atoms with E-state index in [9.17, 15) is 12.9 Å². The Balaban J connectivity index is 0.000000603. The molecule has 0 radical (unpaired) electrons. The second-order valence-electron chi connectivity index (χ2n) is 8.10. The van der Waals surface area contributed by atoms with Crippen molar-refractivity contribution in [3.05, 3.63) is 108 Å². The fourth-order valence-corrected chi connectivity index (χ4v) is 4.73. The van der Waals surface area contributed by atoms with Crippen LogP contribution >= 0.6 is 0 Å². The SMILES string of the molecule is Cc1cc(C)c(-c2c3ccccc3[n+](-c3ccccc3)c3ccccc23)c(C)c1.FB(F)F.[F-]. The van der Waals surface area contributed by atoms with E-state index in [1.807, 2.05) is 0 Å². The Hall–Kier alpha value is -3.67. The van der Waals surface area contributed by atoms with Gasteiger partial charge in [-0.2, -0.15) is 4.57 Å². The summed E-state index contributed by atoms with van der Waals surface area (Å²) in [5.41, 5.74) is 10.3. The van der Waals surface area contributed by atoms with Crippen molar-refractivity contribution >= 4 is 29.3 Å². The van der Waals surface area contributed by atoms with Gasteiger partial charge < -0.3 is 4.70 Å². The predicted octanol–water partition coefficient (Wildman–Crippen LogP) is 4.75. The maximum atomic E-state index is 9.67. The van der Waals surface area contributed by atoms with Crippen LogP contribution in [-0.2, 0) is 0 Å². The van der Waals surface area contributed by atoms with Gasteiger partial charge in [0.15, 0.2) is 0 Å². The van der Waals surface area contributed by atoms with Gasteiger partial charge in [-0.05, 0) is 49.6 Å². The molecule has 0 aliphatic carbocycles. The van der Waals surface area contributed by atoms with E-state index in [0.717, 1.165) is 0 Å². The van der Waals surface area contributed by atoms with Gasteiger partial charge >= 0.3 is 7.54 Å². The molecule has 0 unspecified atom stereocenters. The molecular weight excluding hydrogens is 437 g/mol. The third-order valence-electron chi connectivity index (χ3n) is 5.77. The summed E-state index contributed by atoms with van der Waals surface area (Å²) in [7, 11) is -3.67. The van der Waals surface area contributed by atoms with Crippen molar-refractivity contribution in [2.24, 2.45) is 0 Å². The van der Waals surface area contributed by atoms with Gasteiger partial charge in [-0.1, -0.05) is 60.2 Å². The molecule has 6 heteroatoms. The molecule has 34 heavy (non-hydrogen) atoms. The molecule has 0 N–H and O–H groups in total. The van der Waals surface area contributed by atoms with Crippen molar-refractivity contribution in [2.75, 3.05) is 0 Å². The smallest absolute Gasteiger partial charge is 0.762 e. The van der Waals surface area contributed by atoms with Gasteiger partial charge in [-0.3, -0.25) is 12.9 Å². The molecule has 0 saturated carbocycles. The van der Waals surface area contributed by atoms with E-state index >= 15 is 0 Å². The van der Waals surface area contributed by atoms with Crippen molar-refractivity contribution in [2.45, 2.75) is 20.8 Å². The number of hydrogen-bond acceptors (Lipinski definition) is 0. The average Bonchev–Trinajstić information content (AvgIpc) is 2.78. The molecule has 4 aromatic carbocycles. The van der Waals surface area contributed by atoms with E-state index in [2.05, 4.69) is 116 Å². The molecular formula is C28H24BF4N. The molecule has 0 spiro atoms. The van der Waals surface area contributed by atoms with Crippen LogP contribution in [0.1, 0.15) is 16.7 Å². The normalized spacial score (nSPS) is 10.4. The van der Waals surface area contributed by atoms with Crippen LogP contribution in [0.4, 0.5) is 12.9 Å². The second-order valence-corrected chi connectivity index (χ2v) is 8.10. The maximum absolute atomic E-state index is 9.67. The van der Waals surface area contributed by atoms with E-state index in [1.54, 1.807) is 0 Å². The van der Waals surface area contributed by atoms with Gasteiger partial charge in [0.2, 0.25) is 16.7 Å². The number of nitrogens with zero attached hydrogens (tertiary/aromatic N) is 1. The third-order valence-corrected chi connectivity index (χ3v) is 5.77. The number of pyridine rings is 1. The standard InChI is InChI=1S/C28H24N.BF3.FH/c1-19-17-20(2)27(21(3)18-19)28-23-13-7-9-15-25(23)29(22-11-5-4-6-12-22)26-16-10-8-14-24(26)28;2-1(3)4;/h4-18H,1-3H3;;1H/q+1;;/p-1. The number of benzene rings is 4. The summed E-state index contributed by atoms with van der Waals surface area (Å²) in [6.45, 7) is 6.64. The zero-order chi connectivity index (χ0) is 23.5. The number of aromatic nitrogens is 1. The topological polar surface area (TPSA) is 3.88 Å². The molecule has 5 aromatic rings. The van der Waals surface area contributed by atoms with Gasteiger partial charge in [0.05, 0.1) is 10.8 Å². The Morgan fingerprint density at radius 1 is 0.588 bits per heavy atom. The summed E-state index contributed by atoms with van der Waals surface area (Å²) in [6, 6.07) is 32.8. The van der Waals surface area contributed by atoms with Crippen LogP contribution in [0.5, 0.6) is 0 Å². The molecule has 0 bridgehead atoms. The minimum Gasteiger partial charge on any atom is -1.00 e. The van der Waals surface area contributed by atoms with Crippen molar-refractivity contribution in [1.82, 2.24) is 0 Å². The zero-order valence-electron chi connectivity index (χ0n) is 19.2. The van der Waals surface area contributed by atoms with E-state index in [0.29, 0.717) is 0 Å². The fraction of sp³-hybridized carbons (Fsp3) is 0.107. The van der Waals surface area contributed by atoms with Crippen LogP contribution in [0.25, 0.3) is 38.6 Å². The van der Waals surface area contributed by atoms with E-state index in [1.165, 1.54) is 55.3 Å². The highest BCUT2D eigenvalue weighted by molar-refractivity contribution is 6.33. The maximum Gasteiger partial charge on any atom is 0.762 e. The lowest BCUT2D eigenvalue weighted by molar-refractivity contribution is -0.537. The molecule has 1 aromatic heterocycles. The van der Waals surface area contributed by atoms with Crippen molar-refractivity contribution in [1.29, 1.82) is 0 Å². The second kappa shape index (κ2) is 10.5. The van der Waals surface area contributed by atoms with Gasteiger partial charge in [-0.15, -0.1) is 0 Å². The summed E-state index contributed by atoms with van der Waals surface area (Å²) >= 11 is 0. The Kier molecular flexibility index (Phi) is 7.72. The van der Waals surface area contributed by atoms with Crippen LogP contribution in [0.2, 0.25) is 0 Å². The van der Waals surface area contributed by atoms with E-state index < -0.39 is 7.54 Å². The van der Waals surface area contributed by atoms with Crippen molar-refractivity contribution < 1.29 is 22.2 Å². The number of rotatable bonds is 2.